The van der Waals surface area contributed by atoms with E-state index in [1.54, 1.807) is 6.21 Å². The number of hydrazine groups is 1. The molecule has 0 atom stereocenters. The van der Waals surface area contributed by atoms with E-state index in [9.17, 15) is 5.11 Å². The number of amidine groups is 1. The van der Waals surface area contributed by atoms with Crippen LogP contribution in [0.5, 0.6) is 0 Å². The van der Waals surface area contributed by atoms with Crippen LogP contribution in [-0.2, 0) is 0 Å². The molecule has 3 saturated carbocycles. The van der Waals surface area contributed by atoms with E-state index in [4.69, 9.17) is 4.99 Å². The van der Waals surface area contributed by atoms with Crippen molar-refractivity contribution in [3.8, 4) is 0 Å². The smallest absolute Gasteiger partial charge is 0.161 e. The van der Waals surface area contributed by atoms with Gasteiger partial charge in [-0.3, -0.25) is 9.98 Å². The summed E-state index contributed by atoms with van der Waals surface area (Å²) < 4.78 is 0. The van der Waals surface area contributed by atoms with Crippen molar-refractivity contribution < 1.29 is 5.11 Å². The van der Waals surface area contributed by atoms with Gasteiger partial charge in [0.1, 0.15) is 0 Å². The zero-order chi connectivity index (χ0) is 21.7. The largest absolute Gasteiger partial charge is 0.512 e. The second kappa shape index (κ2) is 9.57. The van der Waals surface area contributed by atoms with Gasteiger partial charge >= 0.3 is 0 Å². The third-order valence-corrected chi connectivity index (χ3v) is 6.86. The van der Waals surface area contributed by atoms with E-state index < -0.39 is 0 Å². The molecule has 0 saturated heterocycles. The molecule has 0 aliphatic heterocycles. The van der Waals surface area contributed by atoms with Crippen LogP contribution in [0.2, 0.25) is 0 Å². The van der Waals surface area contributed by atoms with Crippen molar-refractivity contribution in [1.82, 2.24) is 10.4 Å². The van der Waals surface area contributed by atoms with Gasteiger partial charge in [0.2, 0.25) is 0 Å². The van der Waals surface area contributed by atoms with E-state index in [0.29, 0.717) is 23.8 Å². The van der Waals surface area contributed by atoms with Crippen molar-refractivity contribution in [1.29, 1.82) is 0 Å². The molecule has 0 aromatic heterocycles. The minimum atomic E-state index is -0.0477. The second-order valence-corrected chi connectivity index (χ2v) is 8.77. The molecule has 2 N–H and O–H groups in total. The summed E-state index contributed by atoms with van der Waals surface area (Å²) in [5.41, 5.74) is 6.40. The van der Waals surface area contributed by atoms with Crippen LogP contribution in [0, 0.1) is 10.8 Å². The number of nitrogens with one attached hydrogen (secondary N) is 1. The number of hydrogen-bond acceptors (Lipinski definition) is 4. The van der Waals surface area contributed by atoms with Gasteiger partial charge < -0.3 is 10.5 Å². The van der Waals surface area contributed by atoms with E-state index in [1.165, 1.54) is 5.57 Å². The van der Waals surface area contributed by atoms with Crippen LogP contribution < -0.4 is 5.43 Å². The van der Waals surface area contributed by atoms with E-state index in [-0.39, 0.29) is 10.8 Å². The van der Waals surface area contributed by atoms with Crippen LogP contribution in [0.15, 0.2) is 58.4 Å². The highest BCUT2D eigenvalue weighted by Gasteiger charge is 2.50. The molecule has 0 aromatic carbocycles. The molecule has 0 heterocycles. The molecule has 0 radical (unpaired) electrons. The van der Waals surface area contributed by atoms with Crippen LogP contribution in [-0.4, -0.2) is 42.3 Å². The van der Waals surface area contributed by atoms with Crippen molar-refractivity contribution in [2.75, 3.05) is 20.1 Å². The number of likely N-dealkylation sites (N-methyl/N-ethyl adjacent to an activating group) is 1. The molecule has 3 fully saturated rings. The molecule has 0 unspecified atom stereocenters. The van der Waals surface area contributed by atoms with E-state index >= 15 is 0 Å². The van der Waals surface area contributed by atoms with Crippen molar-refractivity contribution >= 4 is 12.1 Å². The number of hydrogen-bond donors (Lipinski definition) is 2. The highest BCUT2D eigenvalue weighted by molar-refractivity contribution is 5.98. The maximum absolute atomic E-state index is 10.0. The molecule has 5 heteroatoms. The predicted octanol–water partition coefficient (Wildman–Crippen LogP) is 5.36. The minimum Gasteiger partial charge on any atom is -0.512 e. The van der Waals surface area contributed by atoms with Crippen molar-refractivity contribution in [2.45, 2.75) is 59.3 Å². The van der Waals surface area contributed by atoms with Gasteiger partial charge in [0.25, 0.3) is 0 Å². The number of aliphatic imine (C=N–C) groups is 2. The molecule has 0 amide bonds. The Labute approximate surface area is 176 Å². The van der Waals surface area contributed by atoms with E-state index in [1.807, 2.05) is 25.9 Å². The zero-order valence-corrected chi connectivity index (χ0v) is 18.7. The first-order valence-corrected chi connectivity index (χ1v) is 10.6. The van der Waals surface area contributed by atoms with Crippen molar-refractivity contribution in [3.05, 3.63) is 48.4 Å². The van der Waals surface area contributed by atoms with Gasteiger partial charge in [-0.2, -0.15) is 0 Å². The maximum Gasteiger partial charge on any atom is 0.161 e. The molecular weight excluding hydrogens is 360 g/mol. The first-order valence-electron chi connectivity index (χ1n) is 10.6. The number of nitrogens with zero attached hydrogens (tertiary/aromatic N) is 3. The first kappa shape index (κ1) is 23.1. The number of aliphatic hydroxyl groups excluding tert-OH is 1. The van der Waals surface area contributed by atoms with Gasteiger partial charge in [-0.1, -0.05) is 31.4 Å². The van der Waals surface area contributed by atoms with Gasteiger partial charge in [-0.15, -0.1) is 0 Å². The van der Waals surface area contributed by atoms with Crippen LogP contribution in [0.1, 0.15) is 59.3 Å². The third-order valence-electron chi connectivity index (χ3n) is 6.86. The number of fused-ring (bicyclic) bond motifs is 3. The Bertz CT molecular complexity index is 719. The molecular formula is C24H38N4O. The molecule has 0 aromatic rings. The SMILES string of the molecule is C=C(N=CC)C(=NCC12CCC(C(=C)O)(CC1)CC2)NN(C)CC(=C)/C(C)=C/C. The zero-order valence-electron chi connectivity index (χ0n) is 18.7. The lowest BCUT2D eigenvalue weighted by Crippen LogP contribution is -2.45. The lowest BCUT2D eigenvalue weighted by molar-refractivity contribution is -0.00250. The summed E-state index contributed by atoms with van der Waals surface area (Å²) in [6, 6.07) is 0. The van der Waals surface area contributed by atoms with Crippen LogP contribution >= 0.6 is 0 Å². The fraction of sp³-hybridized carbons (Fsp3) is 0.583. The van der Waals surface area contributed by atoms with Gasteiger partial charge in [0.15, 0.2) is 5.84 Å². The highest BCUT2D eigenvalue weighted by atomic mass is 16.3. The Morgan fingerprint density at radius 1 is 1.10 bits per heavy atom. The monoisotopic (exact) mass is 398 g/mol. The van der Waals surface area contributed by atoms with Crippen LogP contribution in [0.3, 0.4) is 0 Å². The number of aliphatic hydroxyl groups is 1. The number of allylic oxidation sites excluding steroid dienone is 2. The lowest BCUT2D eigenvalue weighted by atomic mass is 9.53. The summed E-state index contributed by atoms with van der Waals surface area (Å²) in [5.74, 6) is 1.08. The average Bonchev–Trinajstić information content (AvgIpc) is 2.71. The Morgan fingerprint density at radius 2 is 1.69 bits per heavy atom. The Morgan fingerprint density at radius 3 is 2.17 bits per heavy atom. The fourth-order valence-electron chi connectivity index (χ4n) is 4.42. The molecule has 0 spiro atoms. The van der Waals surface area contributed by atoms with E-state index in [2.05, 4.69) is 43.2 Å². The van der Waals surface area contributed by atoms with Gasteiger partial charge in [0.05, 0.1) is 11.5 Å². The van der Waals surface area contributed by atoms with Gasteiger partial charge in [-0.25, -0.2) is 5.01 Å². The molecule has 3 rings (SSSR count). The molecule has 2 bridgehead atoms. The van der Waals surface area contributed by atoms with Gasteiger partial charge in [-0.05, 0) is 70.3 Å². The predicted molar refractivity (Wildman–Crippen MR) is 124 cm³/mol. The summed E-state index contributed by atoms with van der Waals surface area (Å²) in [6.07, 6.45) is 10.1. The topological polar surface area (TPSA) is 60.2 Å². The normalized spacial score (nSPS) is 27.5. The molecule has 3 aliphatic carbocycles. The summed E-state index contributed by atoms with van der Waals surface area (Å²) >= 11 is 0. The first-order chi connectivity index (χ1) is 13.7. The molecule has 160 valence electrons. The van der Waals surface area contributed by atoms with E-state index in [0.717, 1.165) is 50.6 Å². The molecule has 3 aliphatic rings. The standard InChI is InChI=1S/C24H38N4O/c1-8-18(3)19(4)16-28(7)27-22(20(5)25-9-2)26-17-23-10-13-24(14-11-23,15-12-23)21(6)29/h8-9,29H,4-6,10-17H2,1-3,7H3,(H,26,27)/b18-8+,25-9?. The van der Waals surface area contributed by atoms with Gasteiger partial charge in [0, 0.05) is 31.8 Å². The summed E-state index contributed by atoms with van der Waals surface area (Å²) in [6.45, 7) is 19.5. The third kappa shape index (κ3) is 5.47. The second-order valence-electron chi connectivity index (χ2n) is 8.77. The summed E-state index contributed by atoms with van der Waals surface area (Å²) in [5, 5.41) is 12.0. The molecule has 5 nitrogen and oxygen atoms in total. The van der Waals surface area contributed by atoms with Crippen LogP contribution in [0.25, 0.3) is 0 Å². The number of rotatable bonds is 9. The molecule has 29 heavy (non-hydrogen) atoms. The Balaban J connectivity index is 2.08. The van der Waals surface area contributed by atoms with Crippen molar-refractivity contribution in [2.24, 2.45) is 20.8 Å². The fourth-order valence-corrected chi connectivity index (χ4v) is 4.42. The average molecular weight is 399 g/mol. The quantitative estimate of drug-likeness (QED) is 0.181. The highest BCUT2D eigenvalue weighted by Crippen LogP contribution is 2.59. The van der Waals surface area contributed by atoms with Crippen molar-refractivity contribution in [3.63, 3.8) is 0 Å². The van der Waals surface area contributed by atoms with Crippen LogP contribution in [0.4, 0.5) is 0 Å². The minimum absolute atomic E-state index is 0.0477. The Kier molecular flexibility index (Phi) is 7.64. The lowest BCUT2D eigenvalue weighted by Gasteiger charge is -2.52. The Hall–Kier alpha value is -2.14. The summed E-state index contributed by atoms with van der Waals surface area (Å²) in [7, 11) is 1.98. The summed E-state index contributed by atoms with van der Waals surface area (Å²) in [4.78, 5) is 9.28. The maximum atomic E-state index is 10.0.